The van der Waals surface area contributed by atoms with Gasteiger partial charge in [-0.05, 0) is 30.7 Å². The molecule has 0 amide bonds. The molecule has 0 saturated carbocycles. The number of hydrogen-bond donors (Lipinski definition) is 3. The van der Waals surface area contributed by atoms with Crippen molar-refractivity contribution in [2.45, 2.75) is 12.8 Å². The zero-order valence-corrected chi connectivity index (χ0v) is 10.1. The van der Waals surface area contributed by atoms with Gasteiger partial charge in [-0.15, -0.1) is 0 Å². The van der Waals surface area contributed by atoms with Crippen LogP contribution in [0.25, 0.3) is 0 Å². The van der Waals surface area contributed by atoms with Crippen molar-refractivity contribution in [3.63, 3.8) is 0 Å². The second-order valence-corrected chi connectivity index (χ2v) is 4.16. The number of anilines is 1. The van der Waals surface area contributed by atoms with Crippen LogP contribution < -0.4 is 10.6 Å². The van der Waals surface area contributed by atoms with Crippen molar-refractivity contribution in [3.8, 4) is 0 Å². The lowest BCUT2D eigenvalue weighted by molar-refractivity contribution is -0.136. The molecule has 0 aliphatic carbocycles. The smallest absolute Gasteiger partial charge is 0.305 e. The summed E-state index contributed by atoms with van der Waals surface area (Å²) in [4.78, 5) is 14.8. The van der Waals surface area contributed by atoms with Crippen LogP contribution in [0.2, 0.25) is 0 Å². The van der Waals surface area contributed by atoms with E-state index < -0.39 is 5.97 Å². The van der Waals surface area contributed by atoms with Crippen LogP contribution in [0.1, 0.15) is 18.4 Å². The lowest BCUT2D eigenvalue weighted by Gasteiger charge is -2.15. The second-order valence-electron chi connectivity index (χ2n) is 4.16. The van der Waals surface area contributed by atoms with E-state index in [1.807, 2.05) is 24.3 Å². The Morgan fingerprint density at radius 2 is 2.17 bits per heavy atom. The van der Waals surface area contributed by atoms with Gasteiger partial charge in [0.05, 0.1) is 6.42 Å². The van der Waals surface area contributed by atoms with E-state index >= 15 is 0 Å². The van der Waals surface area contributed by atoms with Gasteiger partial charge >= 0.3 is 5.97 Å². The third kappa shape index (κ3) is 3.48. The lowest BCUT2D eigenvalue weighted by Crippen LogP contribution is -2.30. The van der Waals surface area contributed by atoms with E-state index in [9.17, 15) is 4.79 Å². The summed E-state index contributed by atoms with van der Waals surface area (Å²) < 4.78 is 0. The molecule has 0 unspecified atom stereocenters. The van der Waals surface area contributed by atoms with E-state index in [2.05, 4.69) is 15.6 Å². The summed E-state index contributed by atoms with van der Waals surface area (Å²) in [5, 5.41) is 14.9. The van der Waals surface area contributed by atoms with E-state index in [-0.39, 0.29) is 6.42 Å². The van der Waals surface area contributed by atoms with Crippen LogP contribution in [-0.2, 0) is 4.79 Å². The highest BCUT2D eigenvalue weighted by molar-refractivity contribution is 5.99. The van der Waals surface area contributed by atoms with Crippen molar-refractivity contribution < 1.29 is 9.90 Å². The summed E-state index contributed by atoms with van der Waals surface area (Å²) in [6, 6.07) is 7.85. The maximum absolute atomic E-state index is 10.4. The first-order valence-corrected chi connectivity index (χ1v) is 6.10. The Kier molecular flexibility index (Phi) is 4.17. The zero-order chi connectivity index (χ0) is 12.8. The predicted octanol–water partition coefficient (Wildman–Crippen LogP) is 1.31. The van der Waals surface area contributed by atoms with E-state index in [1.165, 1.54) is 0 Å². The van der Waals surface area contributed by atoms with Crippen molar-refractivity contribution in [2.24, 2.45) is 4.99 Å². The second kappa shape index (κ2) is 6.05. The summed E-state index contributed by atoms with van der Waals surface area (Å²) in [7, 11) is 0. The van der Waals surface area contributed by atoms with Gasteiger partial charge in [-0.25, -0.2) is 0 Å². The van der Waals surface area contributed by atoms with E-state index in [0.29, 0.717) is 6.54 Å². The fourth-order valence-electron chi connectivity index (χ4n) is 1.79. The maximum atomic E-state index is 10.4. The number of carboxylic acid groups (broad SMARTS) is 1. The van der Waals surface area contributed by atoms with Gasteiger partial charge in [0.25, 0.3) is 0 Å². The Morgan fingerprint density at radius 3 is 2.78 bits per heavy atom. The number of nitrogens with zero attached hydrogens (tertiary/aromatic N) is 1. The van der Waals surface area contributed by atoms with E-state index in [1.54, 1.807) is 0 Å². The Labute approximate surface area is 106 Å². The molecular formula is C13H17N3O2. The minimum absolute atomic E-state index is 0.121. The van der Waals surface area contributed by atoms with Gasteiger partial charge in [-0.1, -0.05) is 0 Å². The van der Waals surface area contributed by atoms with Gasteiger partial charge in [-0.2, -0.15) is 0 Å². The first-order chi connectivity index (χ1) is 8.75. The summed E-state index contributed by atoms with van der Waals surface area (Å²) in [6.07, 6.45) is 1.20. The molecule has 0 radical (unpaired) electrons. The van der Waals surface area contributed by atoms with Crippen molar-refractivity contribution in [3.05, 3.63) is 29.8 Å². The van der Waals surface area contributed by atoms with E-state index in [4.69, 9.17) is 5.11 Å². The molecule has 18 heavy (non-hydrogen) atoms. The Morgan fingerprint density at radius 1 is 1.39 bits per heavy atom. The van der Waals surface area contributed by atoms with Gasteiger partial charge in [0.2, 0.25) is 0 Å². The first-order valence-electron chi connectivity index (χ1n) is 6.10. The van der Waals surface area contributed by atoms with Gasteiger partial charge < -0.3 is 15.7 Å². The number of hydrogen-bond acceptors (Lipinski definition) is 4. The number of benzene rings is 1. The molecule has 96 valence electrons. The van der Waals surface area contributed by atoms with Gasteiger partial charge in [-0.3, -0.25) is 9.79 Å². The van der Waals surface area contributed by atoms with Crippen LogP contribution >= 0.6 is 0 Å². The predicted molar refractivity (Wildman–Crippen MR) is 71.2 cm³/mol. The normalized spacial score (nSPS) is 14.6. The molecule has 2 rings (SSSR count). The average Bonchev–Trinajstić information content (AvgIpc) is 2.40. The largest absolute Gasteiger partial charge is 0.481 e. The van der Waals surface area contributed by atoms with Crippen LogP contribution in [0, 0.1) is 0 Å². The number of amidine groups is 1. The number of aliphatic imine (C=N–C) groups is 1. The van der Waals surface area contributed by atoms with Gasteiger partial charge in [0, 0.05) is 30.9 Å². The summed E-state index contributed by atoms with van der Waals surface area (Å²) >= 11 is 0. The maximum Gasteiger partial charge on any atom is 0.305 e. The molecule has 5 nitrogen and oxygen atoms in total. The SMILES string of the molecule is O=C(O)CCNc1ccc(C2=NCCCN2)cc1. The average molecular weight is 247 g/mol. The number of carboxylic acids is 1. The lowest BCUT2D eigenvalue weighted by atomic mass is 10.1. The highest BCUT2D eigenvalue weighted by Crippen LogP contribution is 2.11. The number of carbonyl (C=O) groups is 1. The van der Waals surface area contributed by atoms with E-state index in [0.717, 1.165) is 36.6 Å². The highest BCUT2D eigenvalue weighted by atomic mass is 16.4. The third-order valence-corrected chi connectivity index (χ3v) is 2.72. The monoisotopic (exact) mass is 247 g/mol. The van der Waals surface area contributed by atoms with Crippen molar-refractivity contribution in [2.75, 3.05) is 25.0 Å². The van der Waals surface area contributed by atoms with Crippen LogP contribution in [0.4, 0.5) is 5.69 Å². The highest BCUT2D eigenvalue weighted by Gasteiger charge is 2.06. The third-order valence-electron chi connectivity index (χ3n) is 2.72. The quantitative estimate of drug-likeness (QED) is 0.733. The van der Waals surface area contributed by atoms with Gasteiger partial charge in [0.1, 0.15) is 5.84 Å². The zero-order valence-electron chi connectivity index (χ0n) is 10.1. The molecule has 1 aromatic rings. The molecule has 5 heteroatoms. The minimum Gasteiger partial charge on any atom is -0.481 e. The molecular weight excluding hydrogens is 230 g/mol. The fraction of sp³-hybridized carbons (Fsp3) is 0.385. The van der Waals surface area contributed by atoms with Crippen LogP contribution in [-0.4, -0.2) is 36.5 Å². The molecule has 0 spiro atoms. The Bertz CT molecular complexity index is 440. The minimum atomic E-state index is -0.792. The Hall–Kier alpha value is -2.04. The molecule has 1 heterocycles. The molecule has 0 atom stereocenters. The standard InChI is InChI=1S/C13H17N3O2/c17-12(18)6-9-14-11-4-2-10(3-5-11)13-15-7-1-8-16-13/h2-5,14H,1,6-9H2,(H,15,16)(H,17,18). The molecule has 0 fully saturated rings. The van der Waals surface area contributed by atoms with Crippen molar-refractivity contribution in [1.29, 1.82) is 0 Å². The van der Waals surface area contributed by atoms with Gasteiger partial charge in [0.15, 0.2) is 0 Å². The molecule has 1 aromatic carbocycles. The molecule has 0 bridgehead atoms. The number of rotatable bonds is 5. The fourth-order valence-corrected chi connectivity index (χ4v) is 1.79. The molecule has 0 aromatic heterocycles. The summed E-state index contributed by atoms with van der Waals surface area (Å²) in [5.41, 5.74) is 2.00. The molecule has 0 saturated heterocycles. The first kappa shape index (κ1) is 12.4. The number of nitrogens with one attached hydrogen (secondary N) is 2. The molecule has 1 aliphatic heterocycles. The number of aliphatic carboxylic acids is 1. The van der Waals surface area contributed by atoms with Crippen LogP contribution in [0.3, 0.4) is 0 Å². The van der Waals surface area contributed by atoms with Crippen molar-refractivity contribution >= 4 is 17.5 Å². The van der Waals surface area contributed by atoms with Crippen molar-refractivity contribution in [1.82, 2.24) is 5.32 Å². The summed E-state index contributed by atoms with van der Waals surface area (Å²) in [6.45, 7) is 2.28. The van der Waals surface area contributed by atoms with Crippen LogP contribution in [0.5, 0.6) is 0 Å². The summed E-state index contributed by atoms with van der Waals surface area (Å²) in [5.74, 6) is 0.151. The molecule has 1 aliphatic rings. The Balaban J connectivity index is 1.92. The van der Waals surface area contributed by atoms with Crippen LogP contribution in [0.15, 0.2) is 29.3 Å². The topological polar surface area (TPSA) is 73.7 Å². The molecule has 3 N–H and O–H groups in total.